The Balaban J connectivity index is 2.15. The Labute approximate surface area is 86.6 Å². The molecule has 0 atom stereocenters. The number of hydrogen-bond acceptors (Lipinski definition) is 4. The Kier molecular flexibility index (Phi) is 2.45. The summed E-state index contributed by atoms with van der Waals surface area (Å²) in [5.41, 5.74) is 7.61. The molecule has 2 aromatic rings. The maximum absolute atomic E-state index is 5.60. The second kappa shape index (κ2) is 3.75. The third-order valence-electron chi connectivity index (χ3n) is 1.90. The van der Waals surface area contributed by atoms with Gasteiger partial charge in [-0.15, -0.1) is 21.5 Å². The van der Waals surface area contributed by atoms with Crippen LogP contribution in [-0.2, 0) is 6.42 Å². The predicted molar refractivity (Wildman–Crippen MR) is 58.3 cm³/mol. The van der Waals surface area contributed by atoms with E-state index in [1.54, 1.807) is 11.3 Å². The topological polar surface area (TPSA) is 51.8 Å². The zero-order chi connectivity index (χ0) is 9.97. The number of nitrogens with two attached hydrogens (primary N) is 1. The summed E-state index contributed by atoms with van der Waals surface area (Å²) in [6.07, 6.45) is 0.839. The summed E-state index contributed by atoms with van der Waals surface area (Å²) >= 11 is 1.63. The Bertz CT molecular complexity index is 419. The van der Waals surface area contributed by atoms with Crippen molar-refractivity contribution in [3.05, 3.63) is 39.8 Å². The minimum absolute atomic E-state index is 0.794. The van der Waals surface area contributed by atoms with E-state index in [-0.39, 0.29) is 0 Å². The van der Waals surface area contributed by atoms with Gasteiger partial charge in [0.25, 0.3) is 0 Å². The third-order valence-corrected chi connectivity index (χ3v) is 2.74. The maximum atomic E-state index is 5.60. The molecule has 0 unspecified atom stereocenters. The summed E-state index contributed by atoms with van der Waals surface area (Å²) in [5.74, 6) is 0. The number of nitrogens with zero attached hydrogens (tertiary/aromatic N) is 2. The van der Waals surface area contributed by atoms with Gasteiger partial charge in [-0.25, -0.2) is 0 Å². The minimum atomic E-state index is 0.794. The lowest BCUT2D eigenvalue weighted by Crippen LogP contribution is -1.89. The van der Waals surface area contributed by atoms with Crippen LogP contribution >= 0.6 is 11.3 Å². The number of benzene rings is 1. The van der Waals surface area contributed by atoms with Gasteiger partial charge < -0.3 is 5.73 Å². The highest BCUT2D eigenvalue weighted by molar-refractivity contribution is 7.11. The molecule has 0 saturated heterocycles. The molecule has 0 amide bonds. The van der Waals surface area contributed by atoms with Crippen LogP contribution in [0.5, 0.6) is 0 Å². The van der Waals surface area contributed by atoms with Crippen molar-refractivity contribution in [1.82, 2.24) is 10.2 Å². The van der Waals surface area contributed by atoms with E-state index in [2.05, 4.69) is 10.2 Å². The van der Waals surface area contributed by atoms with Crippen molar-refractivity contribution in [1.29, 1.82) is 0 Å². The van der Waals surface area contributed by atoms with E-state index in [1.165, 1.54) is 5.56 Å². The Hall–Kier alpha value is -1.42. The highest BCUT2D eigenvalue weighted by Gasteiger charge is 2.01. The van der Waals surface area contributed by atoms with E-state index in [0.29, 0.717) is 0 Å². The summed E-state index contributed by atoms with van der Waals surface area (Å²) in [4.78, 5) is 0. The second-order valence-corrected chi connectivity index (χ2v) is 4.40. The maximum Gasteiger partial charge on any atom is 0.121 e. The number of rotatable bonds is 2. The molecule has 2 rings (SSSR count). The summed E-state index contributed by atoms with van der Waals surface area (Å²) in [6.45, 7) is 1.96. The van der Waals surface area contributed by atoms with Gasteiger partial charge in [0.05, 0.1) is 0 Å². The van der Waals surface area contributed by atoms with Crippen LogP contribution in [0.3, 0.4) is 0 Å². The standard InChI is InChI=1S/C10H11N3S/c1-7-12-13-10(14-7)6-8-2-4-9(11)5-3-8/h2-5H,6,11H2,1H3. The largest absolute Gasteiger partial charge is 0.399 e. The fourth-order valence-electron chi connectivity index (χ4n) is 1.22. The molecule has 3 nitrogen and oxygen atoms in total. The molecule has 0 spiro atoms. The number of aromatic nitrogens is 2. The van der Waals surface area contributed by atoms with Gasteiger partial charge in [0.15, 0.2) is 0 Å². The van der Waals surface area contributed by atoms with Gasteiger partial charge in [0.1, 0.15) is 10.0 Å². The lowest BCUT2D eigenvalue weighted by Gasteiger charge is -1.97. The predicted octanol–water partition coefficient (Wildman–Crippen LogP) is 2.02. The first-order valence-corrected chi connectivity index (χ1v) is 5.19. The summed E-state index contributed by atoms with van der Waals surface area (Å²) in [6, 6.07) is 7.85. The Morgan fingerprint density at radius 2 is 1.93 bits per heavy atom. The Morgan fingerprint density at radius 1 is 1.21 bits per heavy atom. The van der Waals surface area contributed by atoms with Gasteiger partial charge in [-0.1, -0.05) is 12.1 Å². The summed E-state index contributed by atoms with van der Waals surface area (Å²) in [7, 11) is 0. The zero-order valence-electron chi connectivity index (χ0n) is 7.90. The molecule has 0 aliphatic heterocycles. The molecule has 72 valence electrons. The van der Waals surface area contributed by atoms with Crippen molar-refractivity contribution in [3.8, 4) is 0 Å². The molecule has 0 saturated carbocycles. The van der Waals surface area contributed by atoms with Crippen LogP contribution in [0.15, 0.2) is 24.3 Å². The molecule has 1 aromatic heterocycles. The van der Waals surface area contributed by atoms with Crippen LogP contribution in [0.2, 0.25) is 0 Å². The van der Waals surface area contributed by atoms with Crippen LogP contribution in [-0.4, -0.2) is 10.2 Å². The summed E-state index contributed by atoms with van der Waals surface area (Å²) in [5, 5.41) is 10.1. The fraction of sp³-hybridized carbons (Fsp3) is 0.200. The van der Waals surface area contributed by atoms with Crippen molar-refractivity contribution in [2.24, 2.45) is 0 Å². The zero-order valence-corrected chi connectivity index (χ0v) is 8.71. The quantitative estimate of drug-likeness (QED) is 0.763. The van der Waals surface area contributed by atoms with Crippen molar-refractivity contribution in [2.45, 2.75) is 13.3 Å². The van der Waals surface area contributed by atoms with Crippen LogP contribution in [0.4, 0.5) is 5.69 Å². The highest BCUT2D eigenvalue weighted by atomic mass is 32.1. The smallest absolute Gasteiger partial charge is 0.121 e. The number of anilines is 1. The third kappa shape index (κ3) is 2.09. The van der Waals surface area contributed by atoms with E-state index in [0.717, 1.165) is 22.1 Å². The molecule has 0 aliphatic carbocycles. The van der Waals surface area contributed by atoms with Gasteiger partial charge in [-0.05, 0) is 24.6 Å². The average molecular weight is 205 g/mol. The van der Waals surface area contributed by atoms with Crippen LogP contribution in [0.25, 0.3) is 0 Å². The summed E-state index contributed by atoms with van der Waals surface area (Å²) < 4.78 is 0. The first-order chi connectivity index (χ1) is 6.74. The molecule has 0 bridgehead atoms. The van der Waals surface area contributed by atoms with Crippen molar-refractivity contribution in [3.63, 3.8) is 0 Å². The second-order valence-electron chi connectivity index (χ2n) is 3.13. The minimum Gasteiger partial charge on any atom is -0.399 e. The number of nitrogen functional groups attached to an aromatic ring is 1. The van der Waals surface area contributed by atoms with Crippen molar-refractivity contribution >= 4 is 17.0 Å². The van der Waals surface area contributed by atoms with Crippen LogP contribution in [0.1, 0.15) is 15.6 Å². The molecule has 0 fully saturated rings. The van der Waals surface area contributed by atoms with E-state index in [9.17, 15) is 0 Å². The molecule has 0 radical (unpaired) electrons. The molecule has 1 aromatic carbocycles. The molecule has 0 aliphatic rings. The van der Waals surface area contributed by atoms with Gasteiger partial charge in [0.2, 0.25) is 0 Å². The first-order valence-electron chi connectivity index (χ1n) is 4.37. The molecule has 1 heterocycles. The van der Waals surface area contributed by atoms with Gasteiger partial charge >= 0.3 is 0 Å². The average Bonchev–Trinajstić information content (AvgIpc) is 2.56. The van der Waals surface area contributed by atoms with Crippen molar-refractivity contribution < 1.29 is 0 Å². The molecule has 4 heteroatoms. The van der Waals surface area contributed by atoms with Crippen LogP contribution in [0, 0.1) is 6.92 Å². The first kappa shape index (κ1) is 9.15. The lowest BCUT2D eigenvalue weighted by molar-refractivity contribution is 0.982. The number of hydrogen-bond donors (Lipinski definition) is 1. The molecular formula is C10H11N3S. The monoisotopic (exact) mass is 205 g/mol. The lowest BCUT2D eigenvalue weighted by atomic mass is 10.1. The Morgan fingerprint density at radius 3 is 2.50 bits per heavy atom. The van der Waals surface area contributed by atoms with Crippen molar-refractivity contribution in [2.75, 3.05) is 5.73 Å². The molecule has 2 N–H and O–H groups in total. The normalized spacial score (nSPS) is 10.4. The van der Waals surface area contributed by atoms with Crippen LogP contribution < -0.4 is 5.73 Å². The van der Waals surface area contributed by atoms with E-state index in [4.69, 9.17) is 5.73 Å². The SMILES string of the molecule is Cc1nnc(Cc2ccc(N)cc2)s1. The van der Waals surface area contributed by atoms with E-state index in [1.807, 2.05) is 31.2 Å². The molecule has 14 heavy (non-hydrogen) atoms. The van der Waals surface area contributed by atoms with Gasteiger partial charge in [-0.3, -0.25) is 0 Å². The fourth-order valence-corrected chi connectivity index (χ4v) is 1.96. The number of aryl methyl sites for hydroxylation is 1. The van der Waals surface area contributed by atoms with Gasteiger partial charge in [-0.2, -0.15) is 0 Å². The van der Waals surface area contributed by atoms with E-state index >= 15 is 0 Å². The van der Waals surface area contributed by atoms with E-state index < -0.39 is 0 Å². The van der Waals surface area contributed by atoms with Gasteiger partial charge in [0, 0.05) is 12.1 Å². The molecular weight excluding hydrogens is 194 g/mol. The highest BCUT2D eigenvalue weighted by Crippen LogP contribution is 2.14.